The van der Waals surface area contributed by atoms with E-state index in [2.05, 4.69) is 18.7 Å². The maximum Gasteiger partial charge on any atom is 0.197 e. The van der Waals surface area contributed by atoms with Crippen molar-refractivity contribution in [1.82, 2.24) is 4.90 Å². The van der Waals surface area contributed by atoms with Gasteiger partial charge in [-0.3, -0.25) is 4.79 Å². The first-order chi connectivity index (χ1) is 13.7. The average molecular weight is 381 g/mol. The normalized spacial score (nSPS) is 11.1. The molecule has 0 spiro atoms. The minimum absolute atomic E-state index is 0.124. The average Bonchev–Trinajstić information content (AvgIpc) is 2.73. The summed E-state index contributed by atoms with van der Waals surface area (Å²) in [7, 11) is 1.59. The van der Waals surface area contributed by atoms with Crippen molar-refractivity contribution in [3.8, 4) is 22.8 Å². The Hall–Kier alpha value is -2.79. The zero-order chi connectivity index (χ0) is 19.9. The molecule has 0 amide bonds. The van der Waals surface area contributed by atoms with Gasteiger partial charge in [-0.2, -0.15) is 0 Å². The van der Waals surface area contributed by atoms with Gasteiger partial charge in [0.15, 0.2) is 5.43 Å². The number of nitrogens with zero attached hydrogens (tertiary/aromatic N) is 1. The monoisotopic (exact) mass is 381 g/mol. The molecule has 0 atom stereocenters. The summed E-state index contributed by atoms with van der Waals surface area (Å²) in [5.41, 5.74) is 1.19. The van der Waals surface area contributed by atoms with Crippen LogP contribution < -0.4 is 14.9 Å². The lowest BCUT2D eigenvalue weighted by atomic mass is 10.1. The van der Waals surface area contributed by atoms with E-state index in [0.29, 0.717) is 34.8 Å². The molecule has 0 N–H and O–H groups in total. The van der Waals surface area contributed by atoms with Crippen LogP contribution in [0.15, 0.2) is 57.7 Å². The molecule has 2 aromatic carbocycles. The summed E-state index contributed by atoms with van der Waals surface area (Å²) in [5, 5.41) is 0.448. The number of methoxy groups -OCH3 is 1. The van der Waals surface area contributed by atoms with Gasteiger partial charge < -0.3 is 18.8 Å². The van der Waals surface area contributed by atoms with Crippen molar-refractivity contribution in [2.45, 2.75) is 20.3 Å². The number of rotatable bonds is 9. The molecule has 28 heavy (non-hydrogen) atoms. The Balaban J connectivity index is 1.91. The highest BCUT2D eigenvalue weighted by atomic mass is 16.5. The Kier molecular flexibility index (Phi) is 6.71. The summed E-state index contributed by atoms with van der Waals surface area (Å²) in [4.78, 5) is 15.2. The van der Waals surface area contributed by atoms with Crippen molar-refractivity contribution in [2.75, 3.05) is 33.4 Å². The molecule has 0 aliphatic rings. The second kappa shape index (κ2) is 9.42. The first kappa shape index (κ1) is 20.0. The van der Waals surface area contributed by atoms with Crippen molar-refractivity contribution < 1.29 is 13.9 Å². The molecule has 0 aliphatic carbocycles. The zero-order valence-corrected chi connectivity index (χ0v) is 16.7. The molecule has 0 radical (unpaired) electrons. The standard InChI is InChI=1S/C23H27NO4/c1-4-24(5-2)12-9-13-27-21-14-18(26-3)15-22-23(21)19(25)16-20(28-22)17-10-7-6-8-11-17/h6-8,10-11,14-16H,4-5,9,12-13H2,1-3H3. The number of benzene rings is 2. The van der Waals surface area contributed by atoms with E-state index in [1.165, 1.54) is 6.07 Å². The lowest BCUT2D eigenvalue weighted by molar-refractivity contribution is 0.250. The van der Waals surface area contributed by atoms with E-state index >= 15 is 0 Å². The maximum absolute atomic E-state index is 12.8. The van der Waals surface area contributed by atoms with Crippen molar-refractivity contribution in [1.29, 1.82) is 0 Å². The largest absolute Gasteiger partial charge is 0.496 e. The predicted molar refractivity (Wildman–Crippen MR) is 112 cm³/mol. The highest BCUT2D eigenvalue weighted by Gasteiger charge is 2.14. The molecule has 0 bridgehead atoms. The lowest BCUT2D eigenvalue weighted by Gasteiger charge is -2.18. The van der Waals surface area contributed by atoms with E-state index in [9.17, 15) is 4.79 Å². The van der Waals surface area contributed by atoms with Crippen LogP contribution in [0.25, 0.3) is 22.3 Å². The van der Waals surface area contributed by atoms with Crippen molar-refractivity contribution in [2.24, 2.45) is 0 Å². The fourth-order valence-corrected chi connectivity index (χ4v) is 3.21. The predicted octanol–water partition coefficient (Wildman–Crippen LogP) is 4.58. The Morgan fingerprint density at radius 3 is 2.46 bits per heavy atom. The summed E-state index contributed by atoms with van der Waals surface area (Å²) >= 11 is 0. The molecule has 3 rings (SSSR count). The van der Waals surface area contributed by atoms with Crippen LogP contribution in [-0.2, 0) is 0 Å². The van der Waals surface area contributed by atoms with E-state index < -0.39 is 0 Å². The van der Waals surface area contributed by atoms with E-state index in [1.54, 1.807) is 19.2 Å². The number of fused-ring (bicyclic) bond motifs is 1. The number of hydrogen-bond donors (Lipinski definition) is 0. The third-order valence-corrected chi connectivity index (χ3v) is 4.83. The van der Waals surface area contributed by atoms with Gasteiger partial charge in [-0.05, 0) is 19.5 Å². The number of hydrogen-bond acceptors (Lipinski definition) is 5. The molecule has 0 aliphatic heterocycles. The van der Waals surface area contributed by atoms with Crippen LogP contribution in [-0.4, -0.2) is 38.3 Å². The highest BCUT2D eigenvalue weighted by molar-refractivity contribution is 5.86. The topological polar surface area (TPSA) is 51.9 Å². The van der Waals surface area contributed by atoms with Gasteiger partial charge in [0.05, 0.1) is 13.7 Å². The van der Waals surface area contributed by atoms with Gasteiger partial charge in [-0.15, -0.1) is 0 Å². The van der Waals surface area contributed by atoms with Crippen LogP contribution in [0.3, 0.4) is 0 Å². The van der Waals surface area contributed by atoms with Crippen LogP contribution in [0, 0.1) is 0 Å². The molecule has 3 aromatic rings. The van der Waals surface area contributed by atoms with Crippen LogP contribution in [0.4, 0.5) is 0 Å². The van der Waals surface area contributed by atoms with E-state index in [0.717, 1.165) is 31.6 Å². The third-order valence-electron chi connectivity index (χ3n) is 4.83. The second-order valence-electron chi connectivity index (χ2n) is 6.57. The maximum atomic E-state index is 12.8. The van der Waals surface area contributed by atoms with Gasteiger partial charge in [0.25, 0.3) is 0 Å². The summed E-state index contributed by atoms with van der Waals surface area (Å²) in [6.07, 6.45) is 0.883. The first-order valence-corrected chi connectivity index (χ1v) is 9.72. The molecule has 0 saturated carbocycles. The summed E-state index contributed by atoms with van der Waals surface area (Å²) in [6, 6.07) is 14.6. The molecule has 1 aromatic heterocycles. The van der Waals surface area contributed by atoms with Crippen LogP contribution in [0.5, 0.6) is 11.5 Å². The molecule has 5 heteroatoms. The summed E-state index contributed by atoms with van der Waals surface area (Å²) < 4.78 is 17.4. The zero-order valence-electron chi connectivity index (χ0n) is 16.7. The smallest absolute Gasteiger partial charge is 0.197 e. The van der Waals surface area contributed by atoms with Crippen LogP contribution >= 0.6 is 0 Å². The van der Waals surface area contributed by atoms with Crippen molar-refractivity contribution in [3.63, 3.8) is 0 Å². The van der Waals surface area contributed by atoms with E-state index in [4.69, 9.17) is 13.9 Å². The fraction of sp³-hybridized carbons (Fsp3) is 0.348. The molecule has 5 nitrogen and oxygen atoms in total. The Morgan fingerprint density at radius 1 is 1.04 bits per heavy atom. The second-order valence-corrected chi connectivity index (χ2v) is 6.57. The van der Waals surface area contributed by atoms with Crippen LogP contribution in [0.2, 0.25) is 0 Å². The lowest BCUT2D eigenvalue weighted by Crippen LogP contribution is -2.25. The van der Waals surface area contributed by atoms with Gasteiger partial charge >= 0.3 is 0 Å². The molecule has 0 unspecified atom stereocenters. The fourth-order valence-electron chi connectivity index (χ4n) is 3.21. The molecule has 0 saturated heterocycles. The van der Waals surface area contributed by atoms with Crippen LogP contribution in [0.1, 0.15) is 20.3 Å². The highest BCUT2D eigenvalue weighted by Crippen LogP contribution is 2.31. The minimum Gasteiger partial charge on any atom is -0.496 e. The Labute approximate surface area is 165 Å². The molecule has 148 valence electrons. The Bertz CT molecular complexity index is 961. The summed E-state index contributed by atoms with van der Waals surface area (Å²) in [5.74, 6) is 1.63. The first-order valence-electron chi connectivity index (χ1n) is 9.72. The number of ether oxygens (including phenoxy) is 2. The molecular weight excluding hydrogens is 354 g/mol. The van der Waals surface area contributed by atoms with E-state index in [1.807, 2.05) is 30.3 Å². The van der Waals surface area contributed by atoms with Crippen molar-refractivity contribution >= 4 is 11.0 Å². The SMILES string of the molecule is CCN(CC)CCCOc1cc(OC)cc2oc(-c3ccccc3)cc(=O)c12. The van der Waals surface area contributed by atoms with Gasteiger partial charge in [-0.1, -0.05) is 44.2 Å². The third kappa shape index (κ3) is 4.54. The molecular formula is C23H27NO4. The van der Waals surface area contributed by atoms with Crippen molar-refractivity contribution in [3.05, 3.63) is 58.8 Å². The minimum atomic E-state index is -0.124. The Morgan fingerprint density at radius 2 is 1.79 bits per heavy atom. The molecule has 1 heterocycles. The van der Waals surface area contributed by atoms with E-state index in [-0.39, 0.29) is 5.43 Å². The van der Waals surface area contributed by atoms with Gasteiger partial charge in [0, 0.05) is 30.3 Å². The van der Waals surface area contributed by atoms with Gasteiger partial charge in [0.1, 0.15) is 28.2 Å². The summed E-state index contributed by atoms with van der Waals surface area (Å²) in [6.45, 7) is 7.82. The van der Waals surface area contributed by atoms with Gasteiger partial charge in [-0.25, -0.2) is 0 Å². The molecule has 0 fully saturated rings. The van der Waals surface area contributed by atoms with Gasteiger partial charge in [0.2, 0.25) is 0 Å². The quantitative estimate of drug-likeness (QED) is 0.508.